The van der Waals surface area contributed by atoms with Crippen molar-refractivity contribution in [1.82, 2.24) is 5.32 Å². The quantitative estimate of drug-likeness (QED) is 0.765. The summed E-state index contributed by atoms with van der Waals surface area (Å²) in [4.78, 5) is 0. The molecule has 1 N–H and O–H groups in total. The van der Waals surface area contributed by atoms with Gasteiger partial charge in [-0.15, -0.1) is 0 Å². The van der Waals surface area contributed by atoms with E-state index in [1.165, 1.54) is 11.1 Å². The predicted molar refractivity (Wildman–Crippen MR) is 93.8 cm³/mol. The average molecular weight is 331 g/mol. The van der Waals surface area contributed by atoms with E-state index in [0.29, 0.717) is 30.4 Å². The average Bonchev–Trinajstić information content (AvgIpc) is 2.61. The van der Waals surface area contributed by atoms with E-state index in [1.54, 1.807) is 28.4 Å². The van der Waals surface area contributed by atoms with E-state index in [4.69, 9.17) is 18.9 Å². The summed E-state index contributed by atoms with van der Waals surface area (Å²) >= 11 is 0. The SMILES string of the molecule is COCc1cccc(CNCc2ccc(OC)c(OC)c2OC)c1. The second-order valence-electron chi connectivity index (χ2n) is 5.35. The molecule has 24 heavy (non-hydrogen) atoms. The normalized spacial score (nSPS) is 10.5. The molecule has 2 rings (SSSR count). The highest BCUT2D eigenvalue weighted by Crippen LogP contribution is 2.39. The Hall–Kier alpha value is -2.24. The minimum Gasteiger partial charge on any atom is -0.493 e. The van der Waals surface area contributed by atoms with Gasteiger partial charge in [0, 0.05) is 25.8 Å². The second kappa shape index (κ2) is 9.15. The van der Waals surface area contributed by atoms with Gasteiger partial charge in [0.25, 0.3) is 0 Å². The molecule has 0 saturated carbocycles. The Morgan fingerprint density at radius 3 is 2.21 bits per heavy atom. The molecule has 0 amide bonds. The van der Waals surface area contributed by atoms with Crippen molar-refractivity contribution in [2.45, 2.75) is 19.7 Å². The minimum atomic E-state index is 0.612. The van der Waals surface area contributed by atoms with E-state index in [-0.39, 0.29) is 0 Å². The number of hydrogen-bond donors (Lipinski definition) is 1. The van der Waals surface area contributed by atoms with Gasteiger partial charge in [0.15, 0.2) is 11.5 Å². The molecule has 0 heterocycles. The first-order chi connectivity index (χ1) is 11.7. The summed E-state index contributed by atoms with van der Waals surface area (Å²) in [6.07, 6.45) is 0. The van der Waals surface area contributed by atoms with Gasteiger partial charge in [0.1, 0.15) is 0 Å². The summed E-state index contributed by atoms with van der Waals surface area (Å²) in [5.41, 5.74) is 3.40. The maximum absolute atomic E-state index is 5.50. The molecule has 0 fully saturated rings. The third-order valence-electron chi connectivity index (χ3n) is 3.73. The molecule has 5 nitrogen and oxygen atoms in total. The Kier molecular flexibility index (Phi) is 6.90. The van der Waals surface area contributed by atoms with Crippen LogP contribution in [0.15, 0.2) is 36.4 Å². The van der Waals surface area contributed by atoms with E-state index < -0.39 is 0 Å². The van der Waals surface area contributed by atoms with Gasteiger partial charge in [-0.05, 0) is 17.2 Å². The fourth-order valence-electron chi connectivity index (χ4n) is 2.64. The van der Waals surface area contributed by atoms with Gasteiger partial charge in [0.05, 0.1) is 27.9 Å². The van der Waals surface area contributed by atoms with Crippen molar-refractivity contribution in [1.29, 1.82) is 0 Å². The van der Waals surface area contributed by atoms with Crippen LogP contribution in [-0.4, -0.2) is 28.4 Å². The highest BCUT2D eigenvalue weighted by molar-refractivity contribution is 5.55. The Morgan fingerprint density at radius 2 is 1.54 bits per heavy atom. The lowest BCUT2D eigenvalue weighted by molar-refractivity contribution is 0.185. The van der Waals surface area contributed by atoms with Crippen LogP contribution in [0.3, 0.4) is 0 Å². The molecule has 0 unspecified atom stereocenters. The van der Waals surface area contributed by atoms with Crippen molar-refractivity contribution >= 4 is 0 Å². The molecular weight excluding hydrogens is 306 g/mol. The summed E-state index contributed by atoms with van der Waals surface area (Å²) in [5, 5.41) is 3.43. The van der Waals surface area contributed by atoms with Gasteiger partial charge < -0.3 is 24.3 Å². The van der Waals surface area contributed by atoms with Crippen LogP contribution >= 0.6 is 0 Å². The molecule has 0 aliphatic carbocycles. The lowest BCUT2D eigenvalue weighted by Crippen LogP contribution is -2.14. The van der Waals surface area contributed by atoms with Crippen molar-refractivity contribution < 1.29 is 18.9 Å². The molecule has 0 aliphatic rings. The molecule has 0 atom stereocenters. The molecule has 0 saturated heterocycles. The predicted octanol–water partition coefficient (Wildman–Crippen LogP) is 3.15. The highest BCUT2D eigenvalue weighted by Gasteiger charge is 2.15. The van der Waals surface area contributed by atoms with Gasteiger partial charge >= 0.3 is 0 Å². The Labute approximate surface area is 143 Å². The molecule has 2 aromatic rings. The van der Waals surface area contributed by atoms with Crippen LogP contribution in [0, 0.1) is 0 Å². The third-order valence-corrected chi connectivity index (χ3v) is 3.73. The maximum atomic E-state index is 5.50. The van der Waals surface area contributed by atoms with Gasteiger partial charge in [-0.1, -0.05) is 30.3 Å². The number of hydrogen-bond acceptors (Lipinski definition) is 5. The summed E-state index contributed by atoms with van der Waals surface area (Å²) < 4.78 is 21.4. The Morgan fingerprint density at radius 1 is 0.792 bits per heavy atom. The fourth-order valence-corrected chi connectivity index (χ4v) is 2.64. The molecule has 130 valence electrons. The number of methoxy groups -OCH3 is 4. The van der Waals surface area contributed by atoms with Crippen LogP contribution in [0.2, 0.25) is 0 Å². The van der Waals surface area contributed by atoms with E-state index >= 15 is 0 Å². The van der Waals surface area contributed by atoms with Crippen molar-refractivity contribution in [3.8, 4) is 17.2 Å². The summed E-state index contributed by atoms with van der Waals surface area (Å²) in [6.45, 7) is 2.05. The second-order valence-corrected chi connectivity index (χ2v) is 5.35. The molecule has 5 heteroatoms. The van der Waals surface area contributed by atoms with Crippen LogP contribution < -0.4 is 19.5 Å². The number of nitrogens with one attached hydrogen (secondary N) is 1. The summed E-state index contributed by atoms with van der Waals surface area (Å²) in [7, 11) is 6.56. The minimum absolute atomic E-state index is 0.612. The standard InChI is InChI=1S/C19H25NO4/c1-21-13-15-7-5-6-14(10-15)11-20-12-16-8-9-17(22-2)19(24-4)18(16)23-3/h5-10,20H,11-13H2,1-4H3. The topological polar surface area (TPSA) is 49.0 Å². The Balaban J connectivity index is 2.05. The molecule has 0 bridgehead atoms. The number of ether oxygens (including phenoxy) is 4. The first-order valence-corrected chi connectivity index (χ1v) is 7.78. The molecule has 0 spiro atoms. The maximum Gasteiger partial charge on any atom is 0.203 e. The molecule has 0 aliphatic heterocycles. The molecular formula is C19H25NO4. The zero-order valence-electron chi connectivity index (χ0n) is 14.7. The van der Waals surface area contributed by atoms with E-state index in [9.17, 15) is 0 Å². The van der Waals surface area contributed by atoms with Crippen molar-refractivity contribution in [2.24, 2.45) is 0 Å². The lowest BCUT2D eigenvalue weighted by Gasteiger charge is -2.16. The monoisotopic (exact) mass is 331 g/mol. The van der Waals surface area contributed by atoms with Gasteiger partial charge in [-0.25, -0.2) is 0 Å². The van der Waals surface area contributed by atoms with Crippen LogP contribution in [-0.2, 0) is 24.4 Å². The van der Waals surface area contributed by atoms with E-state index in [1.807, 2.05) is 18.2 Å². The fraction of sp³-hybridized carbons (Fsp3) is 0.368. The van der Waals surface area contributed by atoms with Crippen LogP contribution in [0.25, 0.3) is 0 Å². The van der Waals surface area contributed by atoms with Crippen molar-refractivity contribution in [3.63, 3.8) is 0 Å². The molecule has 0 radical (unpaired) electrons. The lowest BCUT2D eigenvalue weighted by atomic mass is 10.1. The molecule has 0 aromatic heterocycles. The van der Waals surface area contributed by atoms with E-state index in [0.717, 1.165) is 12.1 Å². The van der Waals surface area contributed by atoms with Gasteiger partial charge in [0.2, 0.25) is 5.75 Å². The number of rotatable bonds is 9. The molecule has 2 aromatic carbocycles. The van der Waals surface area contributed by atoms with Crippen molar-refractivity contribution in [3.05, 3.63) is 53.1 Å². The van der Waals surface area contributed by atoms with E-state index in [2.05, 4.69) is 23.5 Å². The Bertz CT molecular complexity index is 658. The van der Waals surface area contributed by atoms with Crippen LogP contribution in [0.4, 0.5) is 0 Å². The summed E-state index contributed by atoms with van der Waals surface area (Å²) in [5.74, 6) is 1.96. The smallest absolute Gasteiger partial charge is 0.203 e. The summed E-state index contributed by atoms with van der Waals surface area (Å²) in [6, 6.07) is 12.2. The highest BCUT2D eigenvalue weighted by atomic mass is 16.5. The largest absolute Gasteiger partial charge is 0.493 e. The van der Waals surface area contributed by atoms with Gasteiger partial charge in [-0.3, -0.25) is 0 Å². The number of benzene rings is 2. The van der Waals surface area contributed by atoms with Crippen LogP contribution in [0.1, 0.15) is 16.7 Å². The third kappa shape index (κ3) is 4.40. The first-order valence-electron chi connectivity index (χ1n) is 7.78. The zero-order valence-corrected chi connectivity index (χ0v) is 14.7. The zero-order chi connectivity index (χ0) is 17.4. The van der Waals surface area contributed by atoms with Gasteiger partial charge in [-0.2, -0.15) is 0 Å². The van der Waals surface area contributed by atoms with Crippen molar-refractivity contribution in [2.75, 3.05) is 28.4 Å². The first kappa shape index (κ1) is 18.1. The van der Waals surface area contributed by atoms with Crippen LogP contribution in [0.5, 0.6) is 17.2 Å².